The normalized spacial score (nSPS) is 14.1. The van der Waals surface area contributed by atoms with Gasteiger partial charge >= 0.3 is 39.5 Å². The predicted molar refractivity (Wildman–Crippen MR) is 358 cm³/mol. The maximum absolute atomic E-state index is 13.0. The first-order chi connectivity index (χ1) is 42.9. The van der Waals surface area contributed by atoms with Crippen molar-refractivity contribution in [3.8, 4) is 0 Å². The van der Waals surface area contributed by atoms with Gasteiger partial charge < -0.3 is 33.8 Å². The molecule has 89 heavy (non-hydrogen) atoms. The zero-order valence-corrected chi connectivity index (χ0v) is 59.5. The molecule has 0 aliphatic carbocycles. The summed E-state index contributed by atoms with van der Waals surface area (Å²) in [5.41, 5.74) is 0. The van der Waals surface area contributed by atoms with Crippen LogP contribution in [-0.2, 0) is 65.4 Å². The molecule has 0 spiro atoms. The van der Waals surface area contributed by atoms with Crippen LogP contribution in [-0.4, -0.2) is 96.7 Å². The van der Waals surface area contributed by atoms with Crippen molar-refractivity contribution in [3.05, 3.63) is 0 Å². The van der Waals surface area contributed by atoms with Crippen molar-refractivity contribution >= 4 is 39.5 Å². The molecule has 0 aliphatic heterocycles. The molecule has 0 saturated heterocycles. The number of esters is 4. The molecular formula is C70H136O17P2. The summed E-state index contributed by atoms with van der Waals surface area (Å²) in [7, 11) is -9.89. The lowest BCUT2D eigenvalue weighted by Crippen LogP contribution is -2.30. The first kappa shape index (κ1) is 87.1. The molecule has 0 rings (SSSR count). The number of hydrogen-bond acceptors (Lipinski definition) is 15. The third kappa shape index (κ3) is 64.6. The van der Waals surface area contributed by atoms with Gasteiger partial charge in [-0.25, -0.2) is 9.13 Å². The fourth-order valence-corrected chi connectivity index (χ4v) is 12.2. The van der Waals surface area contributed by atoms with Gasteiger partial charge in [0.1, 0.15) is 19.3 Å². The summed E-state index contributed by atoms with van der Waals surface area (Å²) in [6.45, 7) is 9.46. The Morgan fingerprint density at radius 3 is 0.764 bits per heavy atom. The first-order valence-corrected chi connectivity index (χ1v) is 39.5. The maximum atomic E-state index is 13.0. The van der Waals surface area contributed by atoms with Gasteiger partial charge in [0.2, 0.25) is 0 Å². The molecule has 0 aromatic carbocycles. The minimum Gasteiger partial charge on any atom is -0.462 e. The molecule has 0 saturated carbocycles. The highest BCUT2D eigenvalue weighted by atomic mass is 31.2. The second kappa shape index (κ2) is 62.2. The molecule has 0 amide bonds. The lowest BCUT2D eigenvalue weighted by Gasteiger charge is -2.21. The molecule has 0 heterocycles. The van der Waals surface area contributed by atoms with Crippen LogP contribution < -0.4 is 0 Å². The molecule has 19 heteroatoms. The Labute approximate surface area is 543 Å². The second-order valence-electron chi connectivity index (χ2n) is 26.2. The van der Waals surface area contributed by atoms with Crippen LogP contribution in [0.15, 0.2) is 0 Å². The van der Waals surface area contributed by atoms with E-state index in [1.165, 1.54) is 167 Å². The van der Waals surface area contributed by atoms with Crippen molar-refractivity contribution < 1.29 is 80.2 Å². The van der Waals surface area contributed by atoms with Crippen LogP contribution in [0.25, 0.3) is 0 Å². The van der Waals surface area contributed by atoms with E-state index in [2.05, 4.69) is 41.5 Å². The molecule has 528 valence electrons. The fourth-order valence-electron chi connectivity index (χ4n) is 10.6. The van der Waals surface area contributed by atoms with E-state index >= 15 is 0 Å². The highest BCUT2D eigenvalue weighted by molar-refractivity contribution is 7.47. The Bertz CT molecular complexity index is 1730. The van der Waals surface area contributed by atoms with E-state index in [0.717, 1.165) is 108 Å². The van der Waals surface area contributed by atoms with Crippen LogP contribution in [0.3, 0.4) is 0 Å². The van der Waals surface area contributed by atoms with Gasteiger partial charge in [0.05, 0.1) is 26.4 Å². The SMILES string of the molecule is CCCCCCCCCCCCCCCCCCC(=O)OC[C@H](COP(=O)(O)OC[C@@H](O)COP(=O)(O)OC[C@@H](COC(=O)CCCCCCC)OC(=O)CCCCCCCCCCCC(C)C)OC(=O)CCCCCCCCCCCCCCCC(C)C. The number of hydrogen-bond donors (Lipinski definition) is 3. The molecule has 0 radical (unpaired) electrons. The summed E-state index contributed by atoms with van der Waals surface area (Å²) in [6.07, 6.45) is 47.6. The molecule has 5 atom stereocenters. The van der Waals surface area contributed by atoms with Crippen molar-refractivity contribution in [1.82, 2.24) is 0 Å². The molecular weight excluding hydrogens is 1170 g/mol. The van der Waals surface area contributed by atoms with Gasteiger partial charge in [-0.05, 0) is 37.5 Å². The summed E-state index contributed by atoms with van der Waals surface area (Å²) in [5, 5.41) is 10.6. The number of carbonyl (C=O) groups is 4. The van der Waals surface area contributed by atoms with Gasteiger partial charge in [0, 0.05) is 25.7 Å². The van der Waals surface area contributed by atoms with E-state index in [0.29, 0.717) is 25.7 Å². The summed E-state index contributed by atoms with van der Waals surface area (Å²) in [6, 6.07) is 0. The van der Waals surface area contributed by atoms with Gasteiger partial charge in [-0.3, -0.25) is 37.3 Å². The zero-order valence-electron chi connectivity index (χ0n) is 57.7. The number of rotatable bonds is 69. The first-order valence-electron chi connectivity index (χ1n) is 36.5. The molecule has 0 fully saturated rings. The van der Waals surface area contributed by atoms with Crippen molar-refractivity contribution in [2.75, 3.05) is 39.6 Å². The predicted octanol–water partition coefficient (Wildman–Crippen LogP) is 20.0. The number of phosphoric acid groups is 2. The van der Waals surface area contributed by atoms with Gasteiger partial charge in [-0.15, -0.1) is 0 Å². The summed E-state index contributed by atoms with van der Waals surface area (Å²) >= 11 is 0. The van der Waals surface area contributed by atoms with Crippen LogP contribution in [0.4, 0.5) is 0 Å². The van der Waals surface area contributed by atoms with Crippen LogP contribution in [0, 0.1) is 11.8 Å². The fraction of sp³-hybridized carbons (Fsp3) is 0.943. The second-order valence-corrected chi connectivity index (χ2v) is 29.1. The highest BCUT2D eigenvalue weighted by Crippen LogP contribution is 2.45. The monoisotopic (exact) mass is 1310 g/mol. The number of aliphatic hydroxyl groups excluding tert-OH is 1. The summed E-state index contributed by atoms with van der Waals surface area (Å²) in [4.78, 5) is 72.3. The lowest BCUT2D eigenvalue weighted by molar-refractivity contribution is -0.161. The van der Waals surface area contributed by atoms with Crippen molar-refractivity contribution in [2.45, 2.75) is 374 Å². The number of aliphatic hydroxyl groups is 1. The van der Waals surface area contributed by atoms with Crippen molar-refractivity contribution in [1.29, 1.82) is 0 Å². The molecule has 17 nitrogen and oxygen atoms in total. The molecule has 0 bridgehead atoms. The number of phosphoric ester groups is 2. The Morgan fingerprint density at radius 2 is 0.517 bits per heavy atom. The standard InChI is InChI=1S/C70H136O17P2/c1-7-9-11-13-14-15-16-17-18-19-22-25-30-35-41-47-53-68(73)81-59-66(87-69(74)54-48-42-36-31-26-23-20-21-24-28-33-39-44-50-62(3)4)61-85-89(78,79)83-57-64(71)56-82-88(76,77)84-60-65(58-80-67(72)52-46-38-12-10-8-2)86-70(75)55-49-43-37-32-27-29-34-40-45-51-63(5)6/h62-66,71H,7-61H2,1-6H3,(H,76,77)(H,78,79)/t64-,65+,66+/m0/s1. The molecule has 3 N–H and O–H groups in total. The van der Waals surface area contributed by atoms with Gasteiger partial charge in [-0.2, -0.15) is 0 Å². The largest absolute Gasteiger partial charge is 0.472 e. The quantitative estimate of drug-likeness (QED) is 0.0222. The van der Waals surface area contributed by atoms with Gasteiger partial charge in [0.25, 0.3) is 0 Å². The van der Waals surface area contributed by atoms with Crippen LogP contribution in [0.2, 0.25) is 0 Å². The van der Waals surface area contributed by atoms with E-state index in [9.17, 15) is 43.2 Å². The molecule has 2 unspecified atom stereocenters. The Balaban J connectivity index is 5.16. The van der Waals surface area contributed by atoms with E-state index in [1.807, 2.05) is 0 Å². The third-order valence-electron chi connectivity index (χ3n) is 16.2. The van der Waals surface area contributed by atoms with Crippen molar-refractivity contribution in [2.24, 2.45) is 11.8 Å². The summed E-state index contributed by atoms with van der Waals surface area (Å²) in [5.74, 6) is -0.611. The average molecular weight is 1310 g/mol. The van der Waals surface area contributed by atoms with E-state index < -0.39 is 97.5 Å². The van der Waals surface area contributed by atoms with Crippen LogP contribution in [0.5, 0.6) is 0 Å². The molecule has 0 aromatic heterocycles. The Hall–Kier alpha value is -1.94. The smallest absolute Gasteiger partial charge is 0.462 e. The Morgan fingerprint density at radius 1 is 0.303 bits per heavy atom. The topological polar surface area (TPSA) is 237 Å². The van der Waals surface area contributed by atoms with Crippen molar-refractivity contribution in [3.63, 3.8) is 0 Å². The Kier molecular flexibility index (Phi) is 60.8. The number of ether oxygens (including phenoxy) is 4. The van der Waals surface area contributed by atoms with Crippen LogP contribution in [0.1, 0.15) is 356 Å². The molecule has 0 aromatic rings. The van der Waals surface area contributed by atoms with E-state index in [-0.39, 0.29) is 25.7 Å². The molecule has 0 aliphatic rings. The van der Waals surface area contributed by atoms with E-state index in [4.69, 9.17) is 37.0 Å². The number of carbonyl (C=O) groups excluding carboxylic acids is 4. The van der Waals surface area contributed by atoms with E-state index in [1.54, 1.807) is 0 Å². The number of unbranched alkanes of at least 4 members (excludes halogenated alkanes) is 39. The van der Waals surface area contributed by atoms with Gasteiger partial charge in [0.15, 0.2) is 12.2 Å². The minimum absolute atomic E-state index is 0.104. The zero-order chi connectivity index (χ0) is 65.7. The lowest BCUT2D eigenvalue weighted by atomic mass is 10.0. The highest BCUT2D eigenvalue weighted by Gasteiger charge is 2.30. The third-order valence-corrected chi connectivity index (χ3v) is 18.1. The minimum atomic E-state index is -4.95. The van der Waals surface area contributed by atoms with Gasteiger partial charge in [-0.1, -0.05) is 305 Å². The van der Waals surface area contributed by atoms with Crippen LogP contribution >= 0.6 is 15.6 Å². The maximum Gasteiger partial charge on any atom is 0.472 e. The summed E-state index contributed by atoms with van der Waals surface area (Å²) < 4.78 is 68.1. The average Bonchev–Trinajstić information content (AvgIpc) is 3.58.